The van der Waals surface area contributed by atoms with Crippen LogP contribution in [0.15, 0.2) is 67.3 Å². The van der Waals surface area contributed by atoms with Crippen LogP contribution >= 0.6 is 0 Å². The van der Waals surface area contributed by atoms with Crippen molar-refractivity contribution in [3.8, 4) is 11.4 Å². The third-order valence-corrected chi connectivity index (χ3v) is 5.63. The van der Waals surface area contributed by atoms with Crippen molar-refractivity contribution in [2.45, 2.75) is 18.9 Å². The molecule has 4 rings (SSSR count). The van der Waals surface area contributed by atoms with Crippen molar-refractivity contribution in [2.75, 3.05) is 33.3 Å². The van der Waals surface area contributed by atoms with E-state index in [4.69, 9.17) is 4.74 Å². The monoisotopic (exact) mass is 405 g/mol. The van der Waals surface area contributed by atoms with Gasteiger partial charge in [-0.15, -0.1) is 0 Å². The number of carbonyl (C=O) groups is 1. The standard InChI is InChI=1S/C23H27N5O2/c1-26(15-16-30-22-5-3-2-4-6-22)20-11-13-27(14-12-20)23(29)19-7-9-21(10-8-19)28-18-24-17-25-28/h2-10,17-18,20H,11-16H2,1H3. The second-order valence-corrected chi connectivity index (χ2v) is 7.55. The number of ether oxygens (including phenoxy) is 1. The summed E-state index contributed by atoms with van der Waals surface area (Å²) < 4.78 is 7.48. The van der Waals surface area contributed by atoms with Crippen molar-refractivity contribution in [2.24, 2.45) is 0 Å². The van der Waals surface area contributed by atoms with E-state index in [1.54, 1.807) is 11.0 Å². The Balaban J connectivity index is 1.24. The Morgan fingerprint density at radius 2 is 1.83 bits per heavy atom. The first kappa shape index (κ1) is 20.1. The number of hydrogen-bond donors (Lipinski definition) is 0. The Morgan fingerprint density at radius 1 is 1.10 bits per heavy atom. The molecule has 30 heavy (non-hydrogen) atoms. The van der Waals surface area contributed by atoms with Gasteiger partial charge in [-0.05, 0) is 56.3 Å². The topological polar surface area (TPSA) is 63.5 Å². The third-order valence-electron chi connectivity index (χ3n) is 5.63. The molecule has 7 nitrogen and oxygen atoms in total. The molecule has 0 radical (unpaired) electrons. The summed E-state index contributed by atoms with van der Waals surface area (Å²) in [4.78, 5) is 21.1. The highest BCUT2D eigenvalue weighted by Crippen LogP contribution is 2.18. The van der Waals surface area contributed by atoms with Crippen molar-refractivity contribution >= 4 is 5.91 Å². The van der Waals surface area contributed by atoms with Crippen molar-refractivity contribution in [3.63, 3.8) is 0 Å². The van der Waals surface area contributed by atoms with Gasteiger partial charge in [-0.1, -0.05) is 18.2 Å². The quantitative estimate of drug-likeness (QED) is 0.605. The number of likely N-dealkylation sites (tertiary alicyclic amines) is 1. The summed E-state index contributed by atoms with van der Waals surface area (Å²) in [6.45, 7) is 3.09. The minimum atomic E-state index is 0.0913. The number of likely N-dealkylation sites (N-methyl/N-ethyl adjacent to an activating group) is 1. The fourth-order valence-electron chi connectivity index (χ4n) is 3.80. The number of benzene rings is 2. The first-order valence-corrected chi connectivity index (χ1v) is 10.3. The third kappa shape index (κ3) is 4.86. The van der Waals surface area contributed by atoms with Gasteiger partial charge in [0, 0.05) is 31.2 Å². The van der Waals surface area contributed by atoms with E-state index in [-0.39, 0.29) is 5.91 Å². The fraction of sp³-hybridized carbons (Fsp3) is 0.348. The molecule has 0 saturated carbocycles. The van der Waals surface area contributed by atoms with Crippen LogP contribution in [-0.2, 0) is 0 Å². The molecule has 3 aromatic rings. The molecule has 0 aliphatic carbocycles. The summed E-state index contributed by atoms with van der Waals surface area (Å²) in [5.74, 6) is 0.995. The Bertz CT molecular complexity index is 920. The molecule has 0 spiro atoms. The van der Waals surface area contributed by atoms with Crippen LogP contribution in [0.3, 0.4) is 0 Å². The lowest BCUT2D eigenvalue weighted by atomic mass is 10.0. The molecule has 0 atom stereocenters. The SMILES string of the molecule is CN(CCOc1ccccc1)C1CCN(C(=O)c2ccc(-n3cncn3)cc2)CC1. The van der Waals surface area contributed by atoms with Gasteiger partial charge in [0.2, 0.25) is 0 Å². The van der Waals surface area contributed by atoms with Crippen LogP contribution in [0.2, 0.25) is 0 Å². The van der Waals surface area contributed by atoms with Crippen LogP contribution in [-0.4, -0.2) is 69.8 Å². The summed E-state index contributed by atoms with van der Waals surface area (Å²) in [5.41, 5.74) is 1.60. The maximum Gasteiger partial charge on any atom is 0.253 e. The van der Waals surface area contributed by atoms with E-state index < -0.39 is 0 Å². The van der Waals surface area contributed by atoms with Gasteiger partial charge in [0.15, 0.2) is 0 Å². The molecule has 7 heteroatoms. The minimum Gasteiger partial charge on any atom is -0.492 e. The number of piperidine rings is 1. The van der Waals surface area contributed by atoms with E-state index in [0.717, 1.165) is 43.9 Å². The van der Waals surface area contributed by atoms with E-state index in [2.05, 4.69) is 22.0 Å². The molecule has 0 N–H and O–H groups in total. The van der Waals surface area contributed by atoms with Crippen LogP contribution in [0.5, 0.6) is 5.75 Å². The molecule has 1 fully saturated rings. The highest BCUT2D eigenvalue weighted by atomic mass is 16.5. The fourth-order valence-corrected chi connectivity index (χ4v) is 3.80. The molecule has 156 valence electrons. The van der Waals surface area contributed by atoms with E-state index in [1.807, 2.05) is 59.5 Å². The second kappa shape index (κ2) is 9.54. The predicted octanol–water partition coefficient (Wildman–Crippen LogP) is 2.88. The van der Waals surface area contributed by atoms with Crippen molar-refractivity contribution < 1.29 is 9.53 Å². The van der Waals surface area contributed by atoms with Crippen LogP contribution in [0.25, 0.3) is 5.69 Å². The number of nitrogens with zero attached hydrogens (tertiary/aromatic N) is 5. The number of para-hydroxylation sites is 1. The van der Waals surface area contributed by atoms with Gasteiger partial charge in [-0.25, -0.2) is 9.67 Å². The molecule has 1 amide bonds. The van der Waals surface area contributed by atoms with Crippen LogP contribution < -0.4 is 4.74 Å². The normalized spacial score (nSPS) is 14.8. The van der Waals surface area contributed by atoms with Gasteiger partial charge in [-0.2, -0.15) is 5.10 Å². The molecular weight excluding hydrogens is 378 g/mol. The van der Waals surface area contributed by atoms with Gasteiger partial charge >= 0.3 is 0 Å². The first-order valence-electron chi connectivity index (χ1n) is 10.3. The van der Waals surface area contributed by atoms with E-state index in [9.17, 15) is 4.79 Å². The Labute approximate surface area is 176 Å². The molecule has 0 bridgehead atoms. The molecule has 2 aromatic carbocycles. The molecule has 1 aliphatic heterocycles. The summed E-state index contributed by atoms with van der Waals surface area (Å²) in [5, 5.41) is 4.11. The van der Waals surface area contributed by atoms with Crippen LogP contribution in [0.4, 0.5) is 0 Å². The van der Waals surface area contributed by atoms with Gasteiger partial charge in [0.1, 0.15) is 25.0 Å². The maximum absolute atomic E-state index is 12.9. The summed E-state index contributed by atoms with van der Waals surface area (Å²) in [6.07, 6.45) is 5.09. The predicted molar refractivity (Wildman–Crippen MR) is 115 cm³/mol. The Morgan fingerprint density at radius 3 is 2.50 bits per heavy atom. The largest absolute Gasteiger partial charge is 0.492 e. The van der Waals surface area contributed by atoms with Crippen LogP contribution in [0.1, 0.15) is 23.2 Å². The molecular formula is C23H27N5O2. The zero-order valence-corrected chi connectivity index (χ0v) is 17.2. The molecule has 1 aliphatic rings. The molecule has 0 unspecified atom stereocenters. The second-order valence-electron chi connectivity index (χ2n) is 7.55. The smallest absolute Gasteiger partial charge is 0.253 e. The van der Waals surface area contributed by atoms with Gasteiger partial charge in [0.25, 0.3) is 5.91 Å². The highest BCUT2D eigenvalue weighted by molar-refractivity contribution is 5.94. The van der Waals surface area contributed by atoms with Crippen molar-refractivity contribution in [1.82, 2.24) is 24.6 Å². The number of aromatic nitrogens is 3. The zero-order valence-electron chi connectivity index (χ0n) is 17.2. The minimum absolute atomic E-state index is 0.0913. The van der Waals surface area contributed by atoms with Crippen LogP contribution in [0, 0.1) is 0 Å². The van der Waals surface area contributed by atoms with Crippen molar-refractivity contribution in [3.05, 3.63) is 72.8 Å². The highest BCUT2D eigenvalue weighted by Gasteiger charge is 2.25. The molecule has 1 saturated heterocycles. The number of hydrogen-bond acceptors (Lipinski definition) is 5. The lowest BCUT2D eigenvalue weighted by Crippen LogP contribution is -2.46. The average molecular weight is 406 g/mol. The zero-order chi connectivity index (χ0) is 20.8. The number of rotatable bonds is 7. The summed E-state index contributed by atoms with van der Waals surface area (Å²) in [7, 11) is 2.14. The van der Waals surface area contributed by atoms with E-state index in [1.165, 1.54) is 6.33 Å². The number of amides is 1. The van der Waals surface area contributed by atoms with E-state index in [0.29, 0.717) is 18.2 Å². The summed E-state index contributed by atoms with van der Waals surface area (Å²) in [6, 6.07) is 17.9. The lowest BCUT2D eigenvalue weighted by molar-refractivity contribution is 0.0633. The lowest BCUT2D eigenvalue weighted by Gasteiger charge is -2.36. The first-order chi connectivity index (χ1) is 14.7. The summed E-state index contributed by atoms with van der Waals surface area (Å²) >= 11 is 0. The Kier molecular flexibility index (Phi) is 6.39. The van der Waals surface area contributed by atoms with E-state index >= 15 is 0 Å². The molecule has 2 heterocycles. The van der Waals surface area contributed by atoms with Gasteiger partial charge in [-0.3, -0.25) is 9.69 Å². The average Bonchev–Trinajstić information content (AvgIpc) is 3.34. The van der Waals surface area contributed by atoms with Gasteiger partial charge in [0.05, 0.1) is 5.69 Å². The van der Waals surface area contributed by atoms with Gasteiger partial charge < -0.3 is 9.64 Å². The Hall–Kier alpha value is -3.19. The number of carbonyl (C=O) groups excluding carboxylic acids is 1. The molecule has 1 aromatic heterocycles. The maximum atomic E-state index is 12.9. The van der Waals surface area contributed by atoms with Crippen molar-refractivity contribution in [1.29, 1.82) is 0 Å².